The van der Waals surface area contributed by atoms with Crippen LogP contribution in [-0.2, 0) is 11.2 Å². The van der Waals surface area contributed by atoms with Crippen LogP contribution in [0.3, 0.4) is 0 Å². The lowest BCUT2D eigenvalue weighted by molar-refractivity contribution is -0.116. The van der Waals surface area contributed by atoms with E-state index in [1.807, 2.05) is 24.3 Å². The highest BCUT2D eigenvalue weighted by atomic mass is 19.1. The molecule has 0 spiro atoms. The number of rotatable bonds is 8. The summed E-state index contributed by atoms with van der Waals surface area (Å²) in [6.45, 7) is 1.35. The van der Waals surface area contributed by atoms with Gasteiger partial charge < -0.3 is 15.4 Å². The van der Waals surface area contributed by atoms with Crippen LogP contribution >= 0.6 is 0 Å². The first-order valence-electron chi connectivity index (χ1n) is 7.57. The molecular weight excluding hydrogens is 295 g/mol. The minimum absolute atomic E-state index is 0.0959. The van der Waals surface area contributed by atoms with E-state index < -0.39 is 0 Å². The summed E-state index contributed by atoms with van der Waals surface area (Å²) < 4.78 is 18.1. The van der Waals surface area contributed by atoms with Crippen LogP contribution in [0.5, 0.6) is 5.75 Å². The SMILES string of the molecule is COc1ccccc1CCNCCC(=O)Nc1ccc(F)cc1. The highest BCUT2D eigenvalue weighted by molar-refractivity contribution is 5.90. The predicted molar refractivity (Wildman–Crippen MR) is 89.2 cm³/mol. The van der Waals surface area contributed by atoms with Crippen molar-refractivity contribution >= 4 is 11.6 Å². The number of methoxy groups -OCH3 is 1. The molecule has 0 radical (unpaired) electrons. The lowest BCUT2D eigenvalue weighted by Crippen LogP contribution is -2.23. The number of para-hydroxylation sites is 1. The van der Waals surface area contributed by atoms with Gasteiger partial charge >= 0.3 is 0 Å². The van der Waals surface area contributed by atoms with E-state index in [9.17, 15) is 9.18 Å². The van der Waals surface area contributed by atoms with Crippen molar-refractivity contribution in [1.29, 1.82) is 0 Å². The summed E-state index contributed by atoms with van der Waals surface area (Å²) in [6, 6.07) is 13.6. The van der Waals surface area contributed by atoms with Gasteiger partial charge in [0, 0.05) is 18.7 Å². The number of hydrogen-bond donors (Lipinski definition) is 2. The summed E-state index contributed by atoms with van der Waals surface area (Å²) in [4.78, 5) is 11.8. The zero-order chi connectivity index (χ0) is 16.5. The minimum Gasteiger partial charge on any atom is -0.496 e. The molecule has 0 aliphatic carbocycles. The van der Waals surface area contributed by atoms with Gasteiger partial charge in [0.05, 0.1) is 7.11 Å². The van der Waals surface area contributed by atoms with E-state index in [4.69, 9.17) is 4.74 Å². The van der Waals surface area contributed by atoms with E-state index in [1.54, 1.807) is 19.2 Å². The number of carbonyl (C=O) groups excluding carboxylic acids is 1. The molecule has 0 aliphatic rings. The lowest BCUT2D eigenvalue weighted by Gasteiger charge is -2.09. The molecule has 4 nitrogen and oxygen atoms in total. The monoisotopic (exact) mass is 316 g/mol. The van der Waals surface area contributed by atoms with Crippen LogP contribution in [0, 0.1) is 5.82 Å². The van der Waals surface area contributed by atoms with Gasteiger partial charge in [-0.25, -0.2) is 4.39 Å². The number of ether oxygens (including phenoxy) is 1. The fourth-order valence-electron chi connectivity index (χ4n) is 2.22. The molecule has 0 fully saturated rings. The molecule has 0 aromatic heterocycles. The van der Waals surface area contributed by atoms with Gasteiger partial charge in [0.1, 0.15) is 11.6 Å². The Balaban J connectivity index is 1.65. The topological polar surface area (TPSA) is 50.4 Å². The molecule has 122 valence electrons. The van der Waals surface area contributed by atoms with Gasteiger partial charge in [0.25, 0.3) is 0 Å². The zero-order valence-electron chi connectivity index (χ0n) is 13.1. The molecule has 1 amide bonds. The number of benzene rings is 2. The Morgan fingerprint density at radius 2 is 1.83 bits per heavy atom. The highest BCUT2D eigenvalue weighted by Crippen LogP contribution is 2.17. The second-order valence-electron chi connectivity index (χ2n) is 5.12. The number of nitrogens with one attached hydrogen (secondary N) is 2. The molecule has 2 aromatic rings. The van der Waals surface area contributed by atoms with Gasteiger partial charge in [-0.15, -0.1) is 0 Å². The second kappa shape index (κ2) is 8.90. The Hall–Kier alpha value is -2.40. The molecule has 0 saturated carbocycles. The maximum absolute atomic E-state index is 12.8. The van der Waals surface area contributed by atoms with Crippen molar-refractivity contribution in [2.75, 3.05) is 25.5 Å². The van der Waals surface area contributed by atoms with Gasteiger partial charge in [-0.1, -0.05) is 18.2 Å². The molecule has 0 aliphatic heterocycles. The average molecular weight is 316 g/mol. The quantitative estimate of drug-likeness (QED) is 0.736. The van der Waals surface area contributed by atoms with Crippen LogP contribution in [0.4, 0.5) is 10.1 Å². The first kappa shape index (κ1) is 17.0. The third-order valence-electron chi connectivity index (χ3n) is 3.42. The lowest BCUT2D eigenvalue weighted by atomic mass is 10.1. The molecule has 2 rings (SSSR count). The maximum atomic E-state index is 12.8. The van der Waals surface area contributed by atoms with Crippen molar-refractivity contribution in [2.45, 2.75) is 12.8 Å². The van der Waals surface area contributed by atoms with Gasteiger partial charge in [0.15, 0.2) is 0 Å². The molecule has 23 heavy (non-hydrogen) atoms. The molecule has 0 unspecified atom stereocenters. The number of anilines is 1. The highest BCUT2D eigenvalue weighted by Gasteiger charge is 2.03. The first-order chi connectivity index (χ1) is 11.2. The smallest absolute Gasteiger partial charge is 0.225 e. The summed E-state index contributed by atoms with van der Waals surface area (Å²) in [5.41, 5.74) is 1.74. The summed E-state index contributed by atoms with van der Waals surface area (Å²) in [7, 11) is 1.66. The molecular formula is C18H21FN2O2. The molecule has 0 heterocycles. The molecule has 0 bridgehead atoms. The van der Waals surface area contributed by atoms with Crippen molar-refractivity contribution in [1.82, 2.24) is 5.32 Å². The van der Waals surface area contributed by atoms with Crippen LogP contribution in [0.15, 0.2) is 48.5 Å². The third-order valence-corrected chi connectivity index (χ3v) is 3.42. The van der Waals surface area contributed by atoms with E-state index in [-0.39, 0.29) is 11.7 Å². The average Bonchev–Trinajstić information content (AvgIpc) is 2.57. The van der Waals surface area contributed by atoms with Crippen molar-refractivity contribution < 1.29 is 13.9 Å². The van der Waals surface area contributed by atoms with E-state index >= 15 is 0 Å². The summed E-state index contributed by atoms with van der Waals surface area (Å²) >= 11 is 0. The summed E-state index contributed by atoms with van der Waals surface area (Å²) in [6.07, 6.45) is 1.20. The van der Waals surface area contributed by atoms with E-state index in [2.05, 4.69) is 10.6 Å². The fraction of sp³-hybridized carbons (Fsp3) is 0.278. The summed E-state index contributed by atoms with van der Waals surface area (Å²) in [5.74, 6) is 0.464. The van der Waals surface area contributed by atoms with E-state index in [0.717, 1.165) is 24.3 Å². The van der Waals surface area contributed by atoms with E-state index in [0.29, 0.717) is 18.7 Å². The van der Waals surface area contributed by atoms with Crippen molar-refractivity contribution in [2.24, 2.45) is 0 Å². The van der Waals surface area contributed by atoms with Crippen molar-refractivity contribution in [3.05, 3.63) is 59.9 Å². The number of halogens is 1. The van der Waals surface area contributed by atoms with Crippen LogP contribution in [0.1, 0.15) is 12.0 Å². The van der Waals surface area contributed by atoms with Gasteiger partial charge in [-0.3, -0.25) is 4.79 Å². The fourth-order valence-corrected chi connectivity index (χ4v) is 2.22. The molecule has 0 saturated heterocycles. The van der Waals surface area contributed by atoms with Crippen LogP contribution < -0.4 is 15.4 Å². The zero-order valence-corrected chi connectivity index (χ0v) is 13.1. The molecule has 5 heteroatoms. The van der Waals surface area contributed by atoms with Crippen LogP contribution in [-0.4, -0.2) is 26.1 Å². The second-order valence-corrected chi connectivity index (χ2v) is 5.12. The third kappa shape index (κ3) is 5.71. The van der Waals surface area contributed by atoms with Gasteiger partial charge in [-0.05, 0) is 48.9 Å². The normalized spacial score (nSPS) is 10.3. The van der Waals surface area contributed by atoms with Crippen molar-refractivity contribution in [3.63, 3.8) is 0 Å². The standard InChI is InChI=1S/C18H21FN2O2/c1-23-17-5-3-2-4-14(17)10-12-20-13-11-18(22)21-16-8-6-15(19)7-9-16/h2-9,20H,10-13H2,1H3,(H,21,22). The maximum Gasteiger partial charge on any atom is 0.225 e. The molecule has 2 aromatic carbocycles. The van der Waals surface area contributed by atoms with Gasteiger partial charge in [0.2, 0.25) is 5.91 Å². The Morgan fingerprint density at radius 1 is 1.09 bits per heavy atom. The number of carbonyl (C=O) groups is 1. The van der Waals surface area contributed by atoms with E-state index in [1.165, 1.54) is 12.1 Å². The Bertz CT molecular complexity index is 629. The Labute approximate surface area is 135 Å². The van der Waals surface area contributed by atoms with Crippen molar-refractivity contribution in [3.8, 4) is 5.75 Å². The minimum atomic E-state index is -0.319. The summed E-state index contributed by atoms with van der Waals surface area (Å²) in [5, 5.41) is 5.96. The first-order valence-corrected chi connectivity index (χ1v) is 7.57. The molecule has 0 atom stereocenters. The largest absolute Gasteiger partial charge is 0.496 e. The van der Waals surface area contributed by atoms with Gasteiger partial charge in [-0.2, -0.15) is 0 Å². The Kier molecular flexibility index (Phi) is 6.56. The number of hydrogen-bond acceptors (Lipinski definition) is 3. The van der Waals surface area contributed by atoms with Crippen LogP contribution in [0.2, 0.25) is 0 Å². The predicted octanol–water partition coefficient (Wildman–Crippen LogP) is 3.00. The Morgan fingerprint density at radius 3 is 2.57 bits per heavy atom. The van der Waals surface area contributed by atoms with Crippen LogP contribution in [0.25, 0.3) is 0 Å². The molecule has 2 N–H and O–H groups in total. The number of amides is 1.